The summed E-state index contributed by atoms with van der Waals surface area (Å²) >= 11 is 0. The number of methoxy groups -OCH3 is 1. The number of aryl methyl sites for hydroxylation is 2. The molecule has 2 heterocycles. The summed E-state index contributed by atoms with van der Waals surface area (Å²) in [6.45, 7) is 2.01. The van der Waals surface area contributed by atoms with Crippen LogP contribution in [-0.4, -0.2) is 16.2 Å². The molecule has 20 heavy (non-hydrogen) atoms. The lowest BCUT2D eigenvalue weighted by Crippen LogP contribution is -2.19. The molecule has 3 aromatic rings. The van der Waals surface area contributed by atoms with Crippen molar-refractivity contribution in [3.63, 3.8) is 0 Å². The van der Waals surface area contributed by atoms with E-state index in [2.05, 4.69) is 0 Å². The van der Waals surface area contributed by atoms with E-state index in [0.29, 0.717) is 5.75 Å². The van der Waals surface area contributed by atoms with E-state index in [9.17, 15) is 4.79 Å². The highest BCUT2D eigenvalue weighted by molar-refractivity contribution is 5.82. The molecule has 4 nitrogen and oxygen atoms in total. The third-order valence-corrected chi connectivity index (χ3v) is 3.56. The van der Waals surface area contributed by atoms with E-state index in [4.69, 9.17) is 4.74 Å². The molecule has 0 saturated heterocycles. The smallest absolute Gasteiger partial charge is 0.264 e. The molecule has 2 aromatic heterocycles. The molecule has 0 aliphatic rings. The van der Waals surface area contributed by atoms with Gasteiger partial charge in [-0.2, -0.15) is 0 Å². The molecule has 0 N–H and O–H groups in total. The van der Waals surface area contributed by atoms with Crippen molar-refractivity contribution in [2.75, 3.05) is 7.11 Å². The Morgan fingerprint density at radius 1 is 1.15 bits per heavy atom. The molecule has 3 rings (SSSR count). The maximum atomic E-state index is 12.7. The Bertz CT molecular complexity index is 843. The normalized spacial score (nSPS) is 10.9. The van der Waals surface area contributed by atoms with E-state index in [1.807, 2.05) is 61.3 Å². The van der Waals surface area contributed by atoms with Crippen LogP contribution < -0.4 is 10.3 Å². The van der Waals surface area contributed by atoms with Gasteiger partial charge in [-0.25, -0.2) is 0 Å². The van der Waals surface area contributed by atoms with Gasteiger partial charge in [0.2, 0.25) is 0 Å². The second-order valence-corrected chi connectivity index (χ2v) is 4.85. The van der Waals surface area contributed by atoms with Crippen LogP contribution in [0.1, 0.15) is 5.56 Å². The van der Waals surface area contributed by atoms with Crippen LogP contribution in [0, 0.1) is 6.92 Å². The molecule has 0 bridgehead atoms. The molecule has 0 saturated carbocycles. The first-order chi connectivity index (χ1) is 9.63. The zero-order chi connectivity index (χ0) is 14.3. The topological polar surface area (TPSA) is 36.2 Å². The maximum absolute atomic E-state index is 12.7. The van der Waals surface area contributed by atoms with Crippen molar-refractivity contribution in [3.05, 3.63) is 58.6 Å². The molecule has 0 fully saturated rings. The summed E-state index contributed by atoms with van der Waals surface area (Å²) in [6, 6.07) is 9.38. The number of nitrogens with zero attached hydrogens (tertiary/aromatic N) is 2. The van der Waals surface area contributed by atoms with Crippen LogP contribution >= 0.6 is 0 Å². The third-order valence-electron chi connectivity index (χ3n) is 3.56. The van der Waals surface area contributed by atoms with Gasteiger partial charge in [-0.05, 0) is 30.7 Å². The highest BCUT2D eigenvalue weighted by Gasteiger charge is 2.12. The summed E-state index contributed by atoms with van der Waals surface area (Å²) in [5.74, 6) is 0.685. The summed E-state index contributed by atoms with van der Waals surface area (Å²) in [5, 5.41) is 0.721. The summed E-state index contributed by atoms with van der Waals surface area (Å²) in [7, 11) is 3.56. The van der Waals surface area contributed by atoms with Gasteiger partial charge in [-0.1, -0.05) is 12.1 Å². The quantitative estimate of drug-likeness (QED) is 0.716. The lowest BCUT2D eigenvalue weighted by atomic mass is 10.2. The number of pyridine rings is 1. The molecule has 0 spiro atoms. The van der Waals surface area contributed by atoms with Gasteiger partial charge in [0, 0.05) is 19.4 Å². The minimum Gasteiger partial charge on any atom is -0.495 e. The minimum absolute atomic E-state index is 0.0318. The Labute approximate surface area is 116 Å². The molecule has 0 aliphatic heterocycles. The molecule has 0 unspecified atom stereocenters. The predicted molar refractivity (Wildman–Crippen MR) is 79.8 cm³/mol. The van der Waals surface area contributed by atoms with Crippen molar-refractivity contribution in [2.45, 2.75) is 6.92 Å². The third kappa shape index (κ3) is 1.72. The van der Waals surface area contributed by atoms with Crippen LogP contribution in [0.3, 0.4) is 0 Å². The van der Waals surface area contributed by atoms with E-state index < -0.39 is 0 Å². The Hall–Kier alpha value is -2.49. The first-order valence-corrected chi connectivity index (χ1v) is 6.44. The standard InChI is InChI=1S/C16H16N2O2/c1-11-10-18(13-6-4-5-7-14(13)20-3)16(19)12-8-9-17(2)15(11)12/h4-10H,1-3H3. The highest BCUT2D eigenvalue weighted by atomic mass is 16.5. The number of benzene rings is 1. The second kappa shape index (κ2) is 4.56. The van der Waals surface area contributed by atoms with Gasteiger partial charge in [0.25, 0.3) is 5.56 Å². The highest BCUT2D eigenvalue weighted by Crippen LogP contribution is 2.23. The van der Waals surface area contributed by atoms with E-state index in [1.54, 1.807) is 11.7 Å². The van der Waals surface area contributed by atoms with Crippen LogP contribution in [0.25, 0.3) is 16.6 Å². The molecule has 0 amide bonds. The first kappa shape index (κ1) is 12.5. The number of fused-ring (bicyclic) bond motifs is 1. The van der Waals surface area contributed by atoms with Crippen LogP contribution in [0.5, 0.6) is 5.75 Å². The molecule has 1 aromatic carbocycles. The van der Waals surface area contributed by atoms with Gasteiger partial charge >= 0.3 is 0 Å². The Balaban J connectivity index is 2.38. The van der Waals surface area contributed by atoms with Crippen LogP contribution in [-0.2, 0) is 7.05 Å². The second-order valence-electron chi connectivity index (χ2n) is 4.85. The van der Waals surface area contributed by atoms with Gasteiger partial charge < -0.3 is 9.30 Å². The van der Waals surface area contributed by atoms with Gasteiger partial charge in [0.1, 0.15) is 5.75 Å². The maximum Gasteiger partial charge on any atom is 0.264 e. The Kier molecular flexibility index (Phi) is 2.86. The molecule has 0 aliphatic carbocycles. The van der Waals surface area contributed by atoms with E-state index in [0.717, 1.165) is 22.2 Å². The monoisotopic (exact) mass is 268 g/mol. The molecule has 102 valence electrons. The van der Waals surface area contributed by atoms with Crippen molar-refractivity contribution in [2.24, 2.45) is 7.05 Å². The van der Waals surface area contributed by atoms with Gasteiger partial charge in [0.05, 0.1) is 23.7 Å². The first-order valence-electron chi connectivity index (χ1n) is 6.44. The van der Waals surface area contributed by atoms with E-state index in [-0.39, 0.29) is 5.56 Å². The molecular weight excluding hydrogens is 252 g/mol. The lowest BCUT2D eigenvalue weighted by molar-refractivity contribution is 0.412. The molecule has 4 heteroatoms. The number of rotatable bonds is 2. The van der Waals surface area contributed by atoms with Crippen molar-refractivity contribution in [3.8, 4) is 11.4 Å². The van der Waals surface area contributed by atoms with Crippen molar-refractivity contribution in [1.82, 2.24) is 9.13 Å². The fourth-order valence-corrected chi connectivity index (χ4v) is 2.64. The Morgan fingerprint density at radius 3 is 2.65 bits per heavy atom. The van der Waals surface area contributed by atoms with E-state index in [1.165, 1.54) is 0 Å². The number of para-hydroxylation sites is 2. The summed E-state index contributed by atoms with van der Waals surface area (Å²) in [4.78, 5) is 12.7. The van der Waals surface area contributed by atoms with Crippen LogP contribution in [0.2, 0.25) is 0 Å². The molecule has 0 atom stereocenters. The number of hydrogen-bond donors (Lipinski definition) is 0. The summed E-state index contributed by atoms with van der Waals surface area (Å²) in [5.41, 5.74) is 2.75. The Morgan fingerprint density at radius 2 is 1.90 bits per heavy atom. The zero-order valence-electron chi connectivity index (χ0n) is 11.8. The molecule has 0 radical (unpaired) electrons. The fraction of sp³-hybridized carbons (Fsp3) is 0.188. The average Bonchev–Trinajstić information content (AvgIpc) is 2.85. The minimum atomic E-state index is -0.0318. The van der Waals surface area contributed by atoms with Crippen molar-refractivity contribution < 1.29 is 4.74 Å². The van der Waals surface area contributed by atoms with Crippen LogP contribution in [0.15, 0.2) is 47.5 Å². The zero-order valence-corrected chi connectivity index (χ0v) is 11.8. The van der Waals surface area contributed by atoms with Gasteiger partial charge in [-0.3, -0.25) is 9.36 Å². The van der Waals surface area contributed by atoms with Gasteiger partial charge in [0.15, 0.2) is 0 Å². The summed E-state index contributed by atoms with van der Waals surface area (Å²) in [6.07, 6.45) is 3.77. The van der Waals surface area contributed by atoms with E-state index >= 15 is 0 Å². The van der Waals surface area contributed by atoms with Crippen molar-refractivity contribution >= 4 is 10.9 Å². The fourth-order valence-electron chi connectivity index (χ4n) is 2.64. The lowest BCUT2D eigenvalue weighted by Gasteiger charge is -2.12. The largest absolute Gasteiger partial charge is 0.495 e. The number of ether oxygens (including phenoxy) is 1. The van der Waals surface area contributed by atoms with Crippen molar-refractivity contribution in [1.29, 1.82) is 0 Å². The summed E-state index contributed by atoms with van der Waals surface area (Å²) < 4.78 is 8.97. The molecular formula is C16H16N2O2. The van der Waals surface area contributed by atoms with Gasteiger partial charge in [-0.15, -0.1) is 0 Å². The number of aromatic nitrogens is 2. The predicted octanol–water partition coefficient (Wildman–Crippen LogP) is 2.65. The average molecular weight is 268 g/mol. The van der Waals surface area contributed by atoms with Crippen LogP contribution in [0.4, 0.5) is 0 Å². The number of hydrogen-bond acceptors (Lipinski definition) is 2. The SMILES string of the molecule is COc1ccccc1-n1cc(C)c2c(ccn2C)c1=O.